The van der Waals surface area contributed by atoms with E-state index in [1.807, 2.05) is 54.6 Å². The van der Waals surface area contributed by atoms with Gasteiger partial charge in [-0.15, -0.1) is 0 Å². The predicted molar refractivity (Wildman–Crippen MR) is 132 cm³/mol. The van der Waals surface area contributed by atoms with Gasteiger partial charge in [0.2, 0.25) is 0 Å². The van der Waals surface area contributed by atoms with Crippen molar-refractivity contribution in [1.82, 2.24) is 14.9 Å². The lowest BCUT2D eigenvalue weighted by atomic mass is 10.0. The predicted octanol–water partition coefficient (Wildman–Crippen LogP) is 5.71. The van der Waals surface area contributed by atoms with Crippen LogP contribution in [0.15, 0.2) is 91.3 Å². The van der Waals surface area contributed by atoms with E-state index in [1.165, 1.54) is 0 Å². The molecule has 32 heavy (non-hydrogen) atoms. The molecule has 3 heterocycles. The third-order valence-corrected chi connectivity index (χ3v) is 6.24. The second-order valence-corrected chi connectivity index (χ2v) is 8.25. The number of para-hydroxylation sites is 1. The zero-order valence-electron chi connectivity index (χ0n) is 17.4. The minimum atomic E-state index is -0.142. The highest BCUT2D eigenvalue weighted by Gasteiger charge is 2.42. The minimum Gasteiger partial charge on any atom is -0.495 e. The van der Waals surface area contributed by atoms with E-state index in [2.05, 4.69) is 50.2 Å². The molecule has 5 rings (SSSR count). The molecule has 1 aliphatic rings. The molecular formula is C25H21ClN4OS. The van der Waals surface area contributed by atoms with Crippen molar-refractivity contribution in [1.29, 1.82) is 0 Å². The van der Waals surface area contributed by atoms with Gasteiger partial charge in [0.1, 0.15) is 11.8 Å². The highest BCUT2D eigenvalue weighted by molar-refractivity contribution is 7.80. The Kier molecular flexibility index (Phi) is 5.55. The number of rotatable bonds is 5. The van der Waals surface area contributed by atoms with Gasteiger partial charge in [-0.1, -0.05) is 35.9 Å². The van der Waals surface area contributed by atoms with Gasteiger partial charge in [0.15, 0.2) is 5.11 Å². The Bertz CT molecular complexity index is 1250. The van der Waals surface area contributed by atoms with Crippen LogP contribution in [0.2, 0.25) is 5.02 Å². The Morgan fingerprint density at radius 3 is 2.50 bits per heavy atom. The molecule has 1 saturated heterocycles. The average molecular weight is 461 g/mol. The van der Waals surface area contributed by atoms with E-state index >= 15 is 0 Å². The van der Waals surface area contributed by atoms with E-state index in [-0.39, 0.29) is 12.1 Å². The van der Waals surface area contributed by atoms with Gasteiger partial charge < -0.3 is 19.5 Å². The van der Waals surface area contributed by atoms with Crippen LogP contribution in [0, 0.1) is 0 Å². The Balaban J connectivity index is 1.66. The summed E-state index contributed by atoms with van der Waals surface area (Å²) in [7, 11) is 1.61. The summed E-state index contributed by atoms with van der Waals surface area (Å²) < 4.78 is 7.53. The number of aromatic nitrogens is 2. The summed E-state index contributed by atoms with van der Waals surface area (Å²) in [5.41, 5.74) is 3.98. The van der Waals surface area contributed by atoms with Crippen LogP contribution in [0.4, 0.5) is 5.69 Å². The SMILES string of the molecule is COc1ccc(N2C(=S)N[C@H](c3ccccn3)[C@H]2c2cccn2-c2ccccc2)cc1Cl. The molecule has 0 radical (unpaired) electrons. The maximum absolute atomic E-state index is 6.48. The fraction of sp³-hybridized carbons (Fsp3) is 0.120. The number of pyridine rings is 1. The summed E-state index contributed by atoms with van der Waals surface area (Å²) in [6, 6.07) is 25.8. The lowest BCUT2D eigenvalue weighted by Gasteiger charge is -2.29. The summed E-state index contributed by atoms with van der Waals surface area (Å²) in [4.78, 5) is 6.73. The molecule has 1 fully saturated rings. The Morgan fingerprint density at radius 2 is 1.78 bits per heavy atom. The largest absolute Gasteiger partial charge is 0.495 e. The van der Waals surface area contributed by atoms with Crippen molar-refractivity contribution < 1.29 is 4.74 Å². The first-order valence-electron chi connectivity index (χ1n) is 10.2. The number of halogens is 1. The van der Waals surface area contributed by atoms with Crippen molar-refractivity contribution in [3.05, 3.63) is 108 Å². The zero-order valence-corrected chi connectivity index (χ0v) is 18.9. The number of hydrogen-bond donors (Lipinski definition) is 1. The van der Waals surface area contributed by atoms with E-state index in [0.717, 1.165) is 22.8 Å². The molecule has 0 aliphatic carbocycles. The van der Waals surface area contributed by atoms with Crippen LogP contribution in [0.1, 0.15) is 23.5 Å². The van der Waals surface area contributed by atoms with Crippen LogP contribution >= 0.6 is 23.8 Å². The number of methoxy groups -OCH3 is 1. The van der Waals surface area contributed by atoms with Crippen molar-refractivity contribution >= 4 is 34.6 Å². The van der Waals surface area contributed by atoms with Crippen molar-refractivity contribution in [3.8, 4) is 11.4 Å². The fourth-order valence-electron chi connectivity index (χ4n) is 4.20. The number of ether oxygens (including phenoxy) is 1. The third kappa shape index (κ3) is 3.61. The van der Waals surface area contributed by atoms with Crippen LogP contribution in [-0.2, 0) is 0 Å². The monoisotopic (exact) mass is 460 g/mol. The topological polar surface area (TPSA) is 42.3 Å². The van der Waals surface area contributed by atoms with Crippen LogP contribution in [0.3, 0.4) is 0 Å². The molecule has 1 aliphatic heterocycles. The lowest BCUT2D eigenvalue weighted by Crippen LogP contribution is -2.30. The van der Waals surface area contributed by atoms with Gasteiger partial charge >= 0.3 is 0 Å². The van der Waals surface area contributed by atoms with Crippen molar-refractivity contribution in [3.63, 3.8) is 0 Å². The van der Waals surface area contributed by atoms with Gasteiger partial charge in [-0.05, 0) is 66.8 Å². The molecule has 2 aromatic carbocycles. The van der Waals surface area contributed by atoms with E-state index in [0.29, 0.717) is 15.9 Å². The van der Waals surface area contributed by atoms with Gasteiger partial charge in [-0.3, -0.25) is 4.98 Å². The maximum atomic E-state index is 6.48. The van der Waals surface area contributed by atoms with Crippen LogP contribution < -0.4 is 15.0 Å². The van der Waals surface area contributed by atoms with E-state index in [9.17, 15) is 0 Å². The number of benzene rings is 2. The molecule has 0 unspecified atom stereocenters. The molecule has 7 heteroatoms. The lowest BCUT2D eigenvalue weighted by molar-refractivity contribution is 0.415. The first kappa shape index (κ1) is 20.5. The van der Waals surface area contributed by atoms with E-state index < -0.39 is 0 Å². The fourth-order valence-corrected chi connectivity index (χ4v) is 4.80. The van der Waals surface area contributed by atoms with Crippen molar-refractivity contribution in [2.24, 2.45) is 0 Å². The Labute approximate surface area is 197 Å². The van der Waals surface area contributed by atoms with Gasteiger partial charge in [-0.25, -0.2) is 0 Å². The third-order valence-electron chi connectivity index (χ3n) is 5.63. The molecule has 0 saturated carbocycles. The quantitative estimate of drug-likeness (QED) is 0.386. The highest BCUT2D eigenvalue weighted by Crippen LogP contribution is 2.43. The first-order chi connectivity index (χ1) is 15.7. The minimum absolute atomic E-state index is 0.137. The molecule has 1 N–H and O–H groups in total. The van der Waals surface area contributed by atoms with Gasteiger partial charge in [-0.2, -0.15) is 0 Å². The van der Waals surface area contributed by atoms with Crippen molar-refractivity contribution in [2.45, 2.75) is 12.1 Å². The Hall–Kier alpha value is -3.35. The van der Waals surface area contributed by atoms with Crippen molar-refractivity contribution in [2.75, 3.05) is 12.0 Å². The maximum Gasteiger partial charge on any atom is 0.174 e. The average Bonchev–Trinajstić information content (AvgIpc) is 3.44. The number of nitrogens with zero attached hydrogens (tertiary/aromatic N) is 3. The number of anilines is 1. The summed E-state index contributed by atoms with van der Waals surface area (Å²) in [5, 5.41) is 4.64. The molecule has 4 aromatic rings. The second kappa shape index (κ2) is 8.65. The molecule has 2 atom stereocenters. The zero-order chi connectivity index (χ0) is 22.1. The second-order valence-electron chi connectivity index (χ2n) is 7.45. The molecular weight excluding hydrogens is 440 g/mol. The standard InChI is InChI=1S/C25H21ClN4OS/c1-31-22-13-12-18(16-19(22)26)30-24(23(28-25(30)32)20-10-5-6-14-27-20)21-11-7-15-29(21)17-8-3-2-4-9-17/h2-16,23-24H,1H3,(H,28,32)/t23-,24-/m1/s1. The molecule has 0 spiro atoms. The molecule has 0 amide bonds. The summed E-state index contributed by atoms with van der Waals surface area (Å²) in [6.07, 6.45) is 3.88. The molecule has 2 aromatic heterocycles. The number of nitrogens with one attached hydrogen (secondary N) is 1. The summed E-state index contributed by atoms with van der Waals surface area (Å²) in [5.74, 6) is 0.624. The van der Waals surface area contributed by atoms with Crippen LogP contribution in [-0.4, -0.2) is 21.8 Å². The number of thiocarbonyl (C=S) groups is 1. The van der Waals surface area contributed by atoms with E-state index in [4.69, 9.17) is 28.6 Å². The Morgan fingerprint density at radius 1 is 0.969 bits per heavy atom. The molecule has 160 valence electrons. The normalized spacial score (nSPS) is 17.9. The first-order valence-corrected chi connectivity index (χ1v) is 11.0. The number of hydrogen-bond acceptors (Lipinski definition) is 3. The van der Waals surface area contributed by atoms with E-state index in [1.54, 1.807) is 13.3 Å². The molecule has 0 bridgehead atoms. The van der Waals surface area contributed by atoms with Crippen LogP contribution in [0.25, 0.3) is 5.69 Å². The summed E-state index contributed by atoms with van der Waals surface area (Å²) >= 11 is 12.3. The summed E-state index contributed by atoms with van der Waals surface area (Å²) in [6.45, 7) is 0. The van der Waals surface area contributed by atoms with Gasteiger partial charge in [0.05, 0.1) is 23.9 Å². The smallest absolute Gasteiger partial charge is 0.174 e. The van der Waals surface area contributed by atoms with Crippen LogP contribution in [0.5, 0.6) is 5.75 Å². The molecule has 5 nitrogen and oxygen atoms in total. The van der Waals surface area contributed by atoms with Gasteiger partial charge in [0, 0.05) is 29.5 Å². The highest BCUT2D eigenvalue weighted by atomic mass is 35.5. The van der Waals surface area contributed by atoms with Gasteiger partial charge in [0.25, 0.3) is 0 Å².